The number of aryl methyl sites for hydroxylation is 1. The molecule has 0 N–H and O–H groups in total. The number of ether oxygens (including phenoxy) is 1. The largest absolute Gasteiger partial charge is 0.365 e. The highest BCUT2D eigenvalue weighted by Crippen LogP contribution is 2.70. The lowest BCUT2D eigenvalue weighted by atomic mass is 9.71. The third-order valence-electron chi connectivity index (χ3n) is 6.77. The van der Waals surface area contributed by atoms with E-state index in [1.165, 1.54) is 27.8 Å². The molecule has 4 heteroatoms. The minimum Gasteiger partial charge on any atom is -0.365 e. The van der Waals surface area contributed by atoms with Crippen LogP contribution in [0, 0.1) is 12.8 Å². The molecule has 3 aliphatic rings. The number of pyridine rings is 1. The summed E-state index contributed by atoms with van der Waals surface area (Å²) in [7, 11) is 0. The second kappa shape index (κ2) is 5.58. The zero-order valence-corrected chi connectivity index (χ0v) is 15.9. The first-order valence-electron chi connectivity index (χ1n) is 9.87. The van der Waals surface area contributed by atoms with Crippen LogP contribution in [-0.2, 0) is 10.3 Å². The molecule has 0 spiro atoms. The Hall–Kier alpha value is -2.85. The molecule has 1 saturated heterocycles. The molecule has 1 fully saturated rings. The number of benzene rings is 2. The quantitative estimate of drug-likeness (QED) is 0.527. The Kier molecular flexibility index (Phi) is 3.22. The maximum absolute atomic E-state index is 6.54. The Balaban J connectivity index is 1.55. The summed E-state index contributed by atoms with van der Waals surface area (Å²) < 4.78 is 6.54. The van der Waals surface area contributed by atoms with Gasteiger partial charge in [0.2, 0.25) is 0 Å². The van der Waals surface area contributed by atoms with Crippen molar-refractivity contribution in [3.8, 4) is 0 Å². The van der Waals surface area contributed by atoms with Gasteiger partial charge in [-0.05, 0) is 53.8 Å². The van der Waals surface area contributed by atoms with Crippen LogP contribution in [0.1, 0.15) is 52.9 Å². The van der Waals surface area contributed by atoms with Crippen molar-refractivity contribution in [1.29, 1.82) is 0 Å². The van der Waals surface area contributed by atoms with E-state index in [4.69, 9.17) is 9.85 Å². The summed E-state index contributed by atoms with van der Waals surface area (Å²) >= 11 is 0. The number of aromatic nitrogens is 1. The molecule has 2 aromatic carbocycles. The van der Waals surface area contributed by atoms with Crippen molar-refractivity contribution < 1.29 is 4.74 Å². The number of hydrogen-bond donors (Lipinski definition) is 0. The van der Waals surface area contributed by atoms with Gasteiger partial charge < -0.3 is 4.74 Å². The molecule has 5 atom stereocenters. The first kappa shape index (κ1) is 16.1. The van der Waals surface area contributed by atoms with E-state index >= 15 is 0 Å². The second-order valence-electron chi connectivity index (χ2n) is 8.23. The highest BCUT2D eigenvalue weighted by atomic mass is 16.5. The SMILES string of the molecule is Cc1cccc2c1C(C)(N=Nc1ccccn1)[C@@H]1[C@H]2[C@@H]2O[C@H]1c1ccccc12. The topological polar surface area (TPSA) is 46.8 Å². The van der Waals surface area contributed by atoms with Gasteiger partial charge >= 0.3 is 0 Å². The molecule has 2 bridgehead atoms. The van der Waals surface area contributed by atoms with E-state index in [0.29, 0.717) is 11.7 Å². The monoisotopic (exact) mass is 367 g/mol. The molecule has 138 valence electrons. The van der Waals surface area contributed by atoms with Gasteiger partial charge in [-0.15, -0.1) is 5.11 Å². The summed E-state index contributed by atoms with van der Waals surface area (Å²) in [6.07, 6.45) is 1.92. The predicted octanol–water partition coefficient (Wildman–Crippen LogP) is 5.93. The molecule has 2 aliphatic heterocycles. The van der Waals surface area contributed by atoms with Crippen LogP contribution in [0.3, 0.4) is 0 Å². The average molecular weight is 367 g/mol. The molecule has 3 aromatic rings. The number of fused-ring (bicyclic) bond motifs is 10. The Morgan fingerprint density at radius 3 is 2.43 bits per heavy atom. The van der Waals surface area contributed by atoms with Gasteiger partial charge in [0.05, 0.1) is 12.2 Å². The van der Waals surface area contributed by atoms with Gasteiger partial charge in [-0.25, -0.2) is 4.98 Å². The second-order valence-corrected chi connectivity index (χ2v) is 8.23. The predicted molar refractivity (Wildman–Crippen MR) is 107 cm³/mol. The van der Waals surface area contributed by atoms with Crippen molar-refractivity contribution in [3.05, 3.63) is 94.7 Å². The van der Waals surface area contributed by atoms with Crippen molar-refractivity contribution in [2.24, 2.45) is 16.1 Å². The molecular weight excluding hydrogens is 346 g/mol. The van der Waals surface area contributed by atoms with Crippen molar-refractivity contribution in [2.75, 3.05) is 0 Å². The summed E-state index contributed by atoms with van der Waals surface area (Å²) in [4.78, 5) is 4.33. The zero-order valence-electron chi connectivity index (χ0n) is 15.9. The minimum atomic E-state index is -0.435. The van der Waals surface area contributed by atoms with Crippen molar-refractivity contribution in [1.82, 2.24) is 4.98 Å². The Bertz CT molecular complexity index is 1110. The third-order valence-corrected chi connectivity index (χ3v) is 6.77. The van der Waals surface area contributed by atoms with Gasteiger partial charge in [0.25, 0.3) is 0 Å². The third kappa shape index (κ3) is 1.96. The van der Waals surface area contributed by atoms with Gasteiger partial charge in [-0.1, -0.05) is 48.5 Å². The van der Waals surface area contributed by atoms with Crippen LogP contribution >= 0.6 is 0 Å². The van der Waals surface area contributed by atoms with E-state index in [1.54, 1.807) is 6.20 Å². The molecule has 6 rings (SSSR count). The van der Waals surface area contributed by atoms with Crippen LogP contribution in [0.5, 0.6) is 0 Å². The zero-order chi connectivity index (χ0) is 18.9. The summed E-state index contributed by atoms with van der Waals surface area (Å²) in [5.74, 6) is 1.21. The molecule has 0 saturated carbocycles. The van der Waals surface area contributed by atoms with Crippen LogP contribution in [0.2, 0.25) is 0 Å². The Morgan fingerprint density at radius 1 is 0.893 bits per heavy atom. The summed E-state index contributed by atoms with van der Waals surface area (Å²) in [5, 5.41) is 9.50. The van der Waals surface area contributed by atoms with E-state index in [0.717, 1.165) is 0 Å². The molecule has 1 aliphatic carbocycles. The van der Waals surface area contributed by atoms with E-state index in [-0.39, 0.29) is 18.1 Å². The Labute approximate surface area is 164 Å². The van der Waals surface area contributed by atoms with E-state index in [2.05, 4.69) is 66.4 Å². The van der Waals surface area contributed by atoms with Crippen molar-refractivity contribution in [3.63, 3.8) is 0 Å². The molecule has 4 nitrogen and oxygen atoms in total. The first-order chi connectivity index (χ1) is 13.7. The maximum Gasteiger partial charge on any atom is 0.173 e. The standard InChI is InChI=1S/C24H21N3O/c1-14-8-7-11-17-19-21(23-16-10-4-3-9-15(16)22(19)28-23)24(2,20(14)17)27-26-18-12-5-6-13-25-18/h3-13,19,21-23H,1-2H3/t19-,21+,22+,23-,24?/m0/s1. The first-order valence-corrected chi connectivity index (χ1v) is 9.87. The fourth-order valence-corrected chi connectivity index (χ4v) is 5.78. The molecule has 1 unspecified atom stereocenters. The van der Waals surface area contributed by atoms with Crippen LogP contribution < -0.4 is 0 Å². The van der Waals surface area contributed by atoms with Gasteiger partial charge in [-0.2, -0.15) is 5.11 Å². The number of nitrogens with zero attached hydrogens (tertiary/aromatic N) is 3. The molecular formula is C24H21N3O. The fourth-order valence-electron chi connectivity index (χ4n) is 5.78. The lowest BCUT2D eigenvalue weighted by molar-refractivity contribution is 0.0451. The number of rotatable bonds is 2. The molecule has 28 heavy (non-hydrogen) atoms. The van der Waals surface area contributed by atoms with Crippen molar-refractivity contribution in [2.45, 2.75) is 37.5 Å². The molecule has 0 radical (unpaired) electrons. The lowest BCUT2D eigenvalue weighted by Gasteiger charge is -2.33. The summed E-state index contributed by atoms with van der Waals surface area (Å²) in [6, 6.07) is 21.0. The van der Waals surface area contributed by atoms with E-state index in [1.807, 2.05) is 18.2 Å². The van der Waals surface area contributed by atoms with Crippen LogP contribution in [-0.4, -0.2) is 4.98 Å². The van der Waals surface area contributed by atoms with Gasteiger partial charge in [-0.3, -0.25) is 0 Å². The maximum atomic E-state index is 6.54. The normalized spacial score (nSPS) is 31.8. The fraction of sp³-hybridized carbons (Fsp3) is 0.292. The van der Waals surface area contributed by atoms with Crippen LogP contribution in [0.15, 0.2) is 77.1 Å². The molecule has 1 aromatic heterocycles. The van der Waals surface area contributed by atoms with Crippen LogP contribution in [0.25, 0.3) is 0 Å². The highest BCUT2D eigenvalue weighted by Gasteiger charge is 2.64. The summed E-state index contributed by atoms with van der Waals surface area (Å²) in [5.41, 5.74) is 6.18. The average Bonchev–Trinajstić information content (AvgIpc) is 3.37. The molecule has 3 heterocycles. The number of azo groups is 1. The van der Waals surface area contributed by atoms with Gasteiger partial charge in [0, 0.05) is 18.0 Å². The van der Waals surface area contributed by atoms with Crippen LogP contribution in [0.4, 0.5) is 5.82 Å². The van der Waals surface area contributed by atoms with E-state index in [9.17, 15) is 0 Å². The molecule has 0 amide bonds. The highest BCUT2D eigenvalue weighted by molar-refractivity contribution is 5.55. The van der Waals surface area contributed by atoms with Crippen molar-refractivity contribution >= 4 is 5.82 Å². The smallest absolute Gasteiger partial charge is 0.173 e. The lowest BCUT2D eigenvalue weighted by Crippen LogP contribution is -2.31. The summed E-state index contributed by atoms with van der Waals surface area (Å²) in [6.45, 7) is 4.41. The van der Waals surface area contributed by atoms with Gasteiger partial charge in [0.15, 0.2) is 5.82 Å². The minimum absolute atomic E-state index is 0.0608. The Morgan fingerprint density at radius 2 is 1.64 bits per heavy atom. The number of hydrogen-bond acceptors (Lipinski definition) is 4. The van der Waals surface area contributed by atoms with E-state index < -0.39 is 5.54 Å². The van der Waals surface area contributed by atoms with Gasteiger partial charge in [0.1, 0.15) is 5.54 Å².